The van der Waals surface area contributed by atoms with Crippen LogP contribution in [-0.4, -0.2) is 16.4 Å². The van der Waals surface area contributed by atoms with Crippen LogP contribution in [0.25, 0.3) is 10.9 Å². The predicted molar refractivity (Wildman–Crippen MR) is 138 cm³/mol. The zero-order valence-corrected chi connectivity index (χ0v) is 19.4. The number of carbonyl (C=O) groups is 1. The van der Waals surface area contributed by atoms with Gasteiger partial charge in [-0.1, -0.05) is 42.5 Å². The number of aliphatic imine (C=N–C) groups is 1. The van der Waals surface area contributed by atoms with Crippen LogP contribution in [0, 0.1) is 0 Å². The Hall–Kier alpha value is -3.33. The lowest BCUT2D eigenvalue weighted by atomic mass is 10.2. The first-order valence-corrected chi connectivity index (χ1v) is 9.66. The molecule has 4 N–H and O–H groups in total. The Bertz CT molecular complexity index is 1220. The molecule has 0 saturated heterocycles. The first kappa shape index (κ1) is 22.4. The fourth-order valence-electron chi connectivity index (χ4n) is 3.28. The monoisotopic (exact) mass is 525 g/mol. The van der Waals surface area contributed by atoms with E-state index in [4.69, 9.17) is 5.73 Å². The number of rotatable bonds is 5. The van der Waals surface area contributed by atoms with E-state index in [0.29, 0.717) is 18.1 Å². The van der Waals surface area contributed by atoms with Gasteiger partial charge in [0.2, 0.25) is 0 Å². The van der Waals surface area contributed by atoms with Gasteiger partial charge in [0, 0.05) is 41.1 Å². The molecule has 0 saturated carbocycles. The summed E-state index contributed by atoms with van der Waals surface area (Å²) in [5.41, 5.74) is 10.5. The number of nitrogens with two attached hydrogens (primary N) is 1. The van der Waals surface area contributed by atoms with Gasteiger partial charge >= 0.3 is 6.03 Å². The molecule has 7 heteroatoms. The van der Waals surface area contributed by atoms with E-state index in [0.717, 1.165) is 27.7 Å². The largest absolute Gasteiger partial charge is 0.383 e. The molecule has 0 fully saturated rings. The van der Waals surface area contributed by atoms with Crippen molar-refractivity contribution in [1.82, 2.24) is 4.57 Å². The molecular weight excluding hydrogens is 501 g/mol. The van der Waals surface area contributed by atoms with Gasteiger partial charge in [0.05, 0.1) is 6.54 Å². The van der Waals surface area contributed by atoms with Crippen LogP contribution >= 0.6 is 24.0 Å². The van der Waals surface area contributed by atoms with E-state index >= 15 is 0 Å². The summed E-state index contributed by atoms with van der Waals surface area (Å²) in [7, 11) is 1.99. The zero-order chi connectivity index (χ0) is 20.9. The van der Waals surface area contributed by atoms with Crippen molar-refractivity contribution in [2.24, 2.45) is 17.8 Å². The van der Waals surface area contributed by atoms with Crippen LogP contribution in [0.3, 0.4) is 0 Å². The summed E-state index contributed by atoms with van der Waals surface area (Å²) >= 11 is 0. The zero-order valence-electron chi connectivity index (χ0n) is 17.1. The first-order valence-electron chi connectivity index (χ1n) is 9.66. The van der Waals surface area contributed by atoms with Crippen LogP contribution in [0.5, 0.6) is 0 Å². The van der Waals surface area contributed by atoms with Gasteiger partial charge in [-0.05, 0) is 42.0 Å². The van der Waals surface area contributed by atoms with Crippen LogP contribution in [0.2, 0.25) is 0 Å². The molecule has 6 nitrogen and oxygen atoms in total. The minimum absolute atomic E-state index is 0. The highest BCUT2D eigenvalue weighted by Crippen LogP contribution is 2.20. The van der Waals surface area contributed by atoms with Gasteiger partial charge in [0.15, 0.2) is 0 Å². The molecule has 4 aromatic rings. The highest BCUT2D eigenvalue weighted by atomic mass is 127. The van der Waals surface area contributed by atoms with Crippen LogP contribution in [0.15, 0.2) is 90.1 Å². The van der Waals surface area contributed by atoms with Crippen molar-refractivity contribution in [1.29, 1.82) is 0 Å². The summed E-state index contributed by atoms with van der Waals surface area (Å²) < 4.78 is 2.04. The van der Waals surface area contributed by atoms with Gasteiger partial charge < -0.3 is 20.9 Å². The molecular formula is C24H24IN5O. The maximum atomic E-state index is 12.4. The second kappa shape index (κ2) is 10.1. The molecule has 1 aromatic heterocycles. The number of hydrogen-bond acceptors (Lipinski definition) is 2. The molecule has 2 amide bonds. The lowest BCUT2D eigenvalue weighted by Crippen LogP contribution is -2.19. The summed E-state index contributed by atoms with van der Waals surface area (Å²) in [6.45, 7) is 0.433. The molecule has 0 aliphatic rings. The number of hydrogen-bond donors (Lipinski definition) is 3. The average molecular weight is 525 g/mol. The number of aryl methyl sites for hydroxylation is 1. The predicted octanol–water partition coefficient (Wildman–Crippen LogP) is 5.35. The van der Waals surface area contributed by atoms with Crippen LogP contribution in [0.1, 0.15) is 11.1 Å². The van der Waals surface area contributed by atoms with Crippen molar-refractivity contribution >= 4 is 58.1 Å². The highest BCUT2D eigenvalue weighted by molar-refractivity contribution is 14.0. The highest BCUT2D eigenvalue weighted by Gasteiger charge is 2.06. The molecule has 3 aromatic carbocycles. The van der Waals surface area contributed by atoms with E-state index < -0.39 is 0 Å². The Kier molecular flexibility index (Phi) is 7.30. The quantitative estimate of drug-likeness (QED) is 0.187. The molecule has 1 heterocycles. The lowest BCUT2D eigenvalue weighted by molar-refractivity contribution is 0.262. The molecule has 0 atom stereocenters. The third kappa shape index (κ3) is 5.64. The summed E-state index contributed by atoms with van der Waals surface area (Å²) in [6, 6.07) is 24.8. The number of aromatic nitrogens is 1. The Labute approximate surface area is 198 Å². The van der Waals surface area contributed by atoms with E-state index in [1.54, 1.807) is 0 Å². The number of anilines is 2. The van der Waals surface area contributed by atoms with Crippen molar-refractivity contribution in [3.63, 3.8) is 0 Å². The topological polar surface area (TPSA) is 84.4 Å². The average Bonchev–Trinajstić information content (AvgIpc) is 3.13. The lowest BCUT2D eigenvalue weighted by Gasteiger charge is -2.09. The molecule has 158 valence electrons. The van der Waals surface area contributed by atoms with Gasteiger partial charge in [-0.3, -0.25) is 4.99 Å². The number of nitrogens with zero attached hydrogens (tertiary/aromatic N) is 2. The number of carbonyl (C=O) groups excluding carboxylic acids is 1. The number of halogens is 1. The number of amidine groups is 1. The summed E-state index contributed by atoms with van der Waals surface area (Å²) in [5.74, 6) is 0.489. The van der Waals surface area contributed by atoms with Crippen molar-refractivity contribution < 1.29 is 4.79 Å². The second-order valence-corrected chi connectivity index (χ2v) is 7.05. The fourth-order valence-corrected chi connectivity index (χ4v) is 3.28. The van der Waals surface area contributed by atoms with Crippen LogP contribution in [-0.2, 0) is 13.6 Å². The Balaban J connectivity index is 0.00000272. The SMILES string of the molecule is Cn1ccc2cc(NC(=O)Nc3cccc(CN=C(N)c4ccccc4)c3)ccc21.I. The second-order valence-electron chi connectivity index (χ2n) is 7.05. The molecule has 0 unspecified atom stereocenters. The third-order valence-corrected chi connectivity index (χ3v) is 4.83. The molecule has 0 spiro atoms. The van der Waals surface area contributed by atoms with Gasteiger partial charge in [-0.2, -0.15) is 0 Å². The van der Waals surface area contributed by atoms with Crippen LogP contribution in [0.4, 0.5) is 16.2 Å². The number of fused-ring (bicyclic) bond motifs is 1. The van der Waals surface area contributed by atoms with E-state index in [2.05, 4.69) is 15.6 Å². The number of urea groups is 1. The molecule has 31 heavy (non-hydrogen) atoms. The maximum absolute atomic E-state index is 12.4. The minimum Gasteiger partial charge on any atom is -0.383 e. The van der Waals surface area contributed by atoms with E-state index in [1.807, 2.05) is 96.7 Å². The number of nitrogens with one attached hydrogen (secondary N) is 2. The summed E-state index contributed by atoms with van der Waals surface area (Å²) in [5, 5.41) is 6.82. The Morgan fingerprint density at radius 1 is 0.935 bits per heavy atom. The summed E-state index contributed by atoms with van der Waals surface area (Å²) in [4.78, 5) is 16.9. The van der Waals surface area contributed by atoms with E-state index in [9.17, 15) is 4.79 Å². The number of benzene rings is 3. The Morgan fingerprint density at radius 3 is 2.45 bits per heavy atom. The fraction of sp³-hybridized carbons (Fsp3) is 0.0833. The third-order valence-electron chi connectivity index (χ3n) is 4.83. The normalized spacial score (nSPS) is 11.1. The standard InChI is InChI=1S/C24H23N5O.HI/c1-29-13-12-19-15-21(10-11-22(19)29)28-24(30)27-20-9-5-6-17(14-20)16-26-23(25)18-7-3-2-4-8-18;/h2-15H,16H2,1H3,(H2,25,26)(H2,27,28,30);1H. The molecule has 0 bridgehead atoms. The van der Waals surface area contributed by atoms with Gasteiger partial charge in [-0.15, -0.1) is 24.0 Å². The Morgan fingerprint density at radius 2 is 1.68 bits per heavy atom. The molecule has 4 rings (SSSR count). The first-order chi connectivity index (χ1) is 14.6. The minimum atomic E-state index is -0.297. The maximum Gasteiger partial charge on any atom is 0.323 e. The van der Waals surface area contributed by atoms with Gasteiger partial charge in [0.25, 0.3) is 0 Å². The number of amides is 2. The van der Waals surface area contributed by atoms with E-state index in [1.165, 1.54) is 0 Å². The molecule has 0 aliphatic carbocycles. The smallest absolute Gasteiger partial charge is 0.323 e. The van der Waals surface area contributed by atoms with Crippen molar-refractivity contribution in [3.8, 4) is 0 Å². The van der Waals surface area contributed by atoms with Gasteiger partial charge in [0.1, 0.15) is 5.84 Å². The molecule has 0 aliphatic heterocycles. The van der Waals surface area contributed by atoms with Crippen molar-refractivity contribution in [2.45, 2.75) is 6.54 Å². The van der Waals surface area contributed by atoms with Crippen molar-refractivity contribution in [3.05, 3.63) is 96.2 Å². The van der Waals surface area contributed by atoms with Crippen molar-refractivity contribution in [2.75, 3.05) is 10.6 Å². The van der Waals surface area contributed by atoms with Crippen LogP contribution < -0.4 is 16.4 Å². The van der Waals surface area contributed by atoms with E-state index in [-0.39, 0.29) is 30.0 Å². The van der Waals surface area contributed by atoms with Gasteiger partial charge in [-0.25, -0.2) is 4.79 Å². The molecule has 0 radical (unpaired) electrons. The summed E-state index contributed by atoms with van der Waals surface area (Å²) in [6.07, 6.45) is 1.99.